The molecule has 0 unspecified atom stereocenters. The number of rotatable bonds is 5. The Hall–Kier alpha value is -3.06. The van der Waals surface area contributed by atoms with Crippen LogP contribution in [-0.2, 0) is 10.0 Å². The number of nitrogens with zero attached hydrogens (tertiary/aromatic N) is 2. The highest BCUT2D eigenvalue weighted by Crippen LogP contribution is 2.26. The molecule has 0 spiro atoms. The summed E-state index contributed by atoms with van der Waals surface area (Å²) in [6, 6.07) is 13.0. The molecule has 0 atom stereocenters. The molecule has 1 N–H and O–H groups in total. The molecule has 0 bridgehead atoms. The first-order valence-electron chi connectivity index (χ1n) is 8.31. The summed E-state index contributed by atoms with van der Waals surface area (Å²) in [6.45, 7) is 5.60. The predicted molar refractivity (Wildman–Crippen MR) is 103 cm³/mol. The Labute approximate surface area is 158 Å². The van der Waals surface area contributed by atoms with Crippen molar-refractivity contribution < 1.29 is 13.2 Å². The van der Waals surface area contributed by atoms with E-state index in [1.165, 1.54) is 18.3 Å². The highest BCUT2D eigenvalue weighted by Gasteiger charge is 2.21. The van der Waals surface area contributed by atoms with E-state index in [4.69, 9.17) is 0 Å². The van der Waals surface area contributed by atoms with Crippen molar-refractivity contribution in [2.24, 2.45) is 0 Å². The first-order valence-corrected chi connectivity index (χ1v) is 9.79. The quantitative estimate of drug-likeness (QED) is 0.684. The fourth-order valence-electron chi connectivity index (χ4n) is 2.57. The van der Waals surface area contributed by atoms with Gasteiger partial charge >= 0.3 is 0 Å². The number of aryl methyl sites for hydroxylation is 3. The van der Waals surface area contributed by atoms with E-state index >= 15 is 0 Å². The number of hydrogen-bond donors (Lipinski definition) is 1. The summed E-state index contributed by atoms with van der Waals surface area (Å²) in [4.78, 5) is 13.0. The first kappa shape index (κ1) is 18.7. The summed E-state index contributed by atoms with van der Waals surface area (Å²) < 4.78 is 28.1. The van der Waals surface area contributed by atoms with Crippen molar-refractivity contribution in [2.75, 3.05) is 4.72 Å². The highest BCUT2D eigenvalue weighted by atomic mass is 32.2. The van der Waals surface area contributed by atoms with E-state index in [-0.39, 0.29) is 21.8 Å². The molecular formula is C20H19N3O3S. The number of carbonyl (C=O) groups excluding carboxylic acids is 1. The summed E-state index contributed by atoms with van der Waals surface area (Å²) in [5.41, 5.74) is 3.30. The van der Waals surface area contributed by atoms with Gasteiger partial charge in [0, 0.05) is 11.8 Å². The van der Waals surface area contributed by atoms with Crippen molar-refractivity contribution in [3.63, 3.8) is 0 Å². The number of carbonyl (C=O) groups is 1. The van der Waals surface area contributed by atoms with Gasteiger partial charge in [0.05, 0.1) is 10.6 Å². The number of aromatic nitrogens is 2. The Balaban J connectivity index is 2.06. The number of nitrogens with one attached hydrogen (secondary N) is 1. The van der Waals surface area contributed by atoms with Gasteiger partial charge in [-0.3, -0.25) is 9.52 Å². The predicted octanol–water partition coefficient (Wildman–Crippen LogP) is 3.43. The molecule has 7 heteroatoms. The topological polar surface area (TPSA) is 89.0 Å². The molecule has 0 saturated heterocycles. The molecule has 3 rings (SSSR count). The average Bonchev–Trinajstić information content (AvgIpc) is 2.65. The zero-order valence-corrected chi connectivity index (χ0v) is 16.0. The van der Waals surface area contributed by atoms with Gasteiger partial charge in [0.2, 0.25) is 5.78 Å². The van der Waals surface area contributed by atoms with Crippen molar-refractivity contribution in [1.82, 2.24) is 10.2 Å². The molecule has 0 aliphatic carbocycles. The third-order valence-corrected chi connectivity index (χ3v) is 5.64. The van der Waals surface area contributed by atoms with Crippen LogP contribution in [0, 0.1) is 20.8 Å². The van der Waals surface area contributed by atoms with Crippen molar-refractivity contribution in [3.05, 3.63) is 82.7 Å². The minimum absolute atomic E-state index is 0.129. The number of ketones is 1. The molecule has 1 aromatic heterocycles. The lowest BCUT2D eigenvalue weighted by Crippen LogP contribution is -2.17. The number of benzene rings is 2. The standard InChI is InChI=1S/C20H19N3O3S/c1-13-6-8-16(9-7-13)27(25,26)23-19-12-15(3)14(2)11-17(19)20(24)18-5-4-10-21-22-18/h4-12,23H,1-3H3. The third-order valence-electron chi connectivity index (χ3n) is 4.26. The van der Waals surface area contributed by atoms with Crippen molar-refractivity contribution in [1.29, 1.82) is 0 Å². The Morgan fingerprint density at radius 1 is 0.963 bits per heavy atom. The fraction of sp³-hybridized carbons (Fsp3) is 0.150. The first-order chi connectivity index (χ1) is 12.8. The summed E-state index contributed by atoms with van der Waals surface area (Å²) in [5.74, 6) is -0.396. The van der Waals surface area contributed by atoms with Crippen molar-refractivity contribution in [2.45, 2.75) is 25.7 Å². The van der Waals surface area contributed by atoms with E-state index in [1.807, 2.05) is 20.8 Å². The fourth-order valence-corrected chi connectivity index (χ4v) is 3.64. The second-order valence-corrected chi connectivity index (χ2v) is 8.02. The van der Waals surface area contributed by atoms with Crippen LogP contribution >= 0.6 is 0 Å². The van der Waals surface area contributed by atoms with Gasteiger partial charge in [-0.05, 0) is 68.3 Å². The Kier molecular flexibility index (Phi) is 5.05. The van der Waals surface area contributed by atoms with Gasteiger partial charge in [-0.15, -0.1) is 5.10 Å². The lowest BCUT2D eigenvalue weighted by Gasteiger charge is -2.14. The van der Waals surface area contributed by atoms with Crippen LogP contribution in [0.2, 0.25) is 0 Å². The van der Waals surface area contributed by atoms with Crippen molar-refractivity contribution >= 4 is 21.5 Å². The molecule has 0 fully saturated rings. The van der Waals surface area contributed by atoms with Crippen LogP contribution < -0.4 is 4.72 Å². The van der Waals surface area contributed by atoms with Gasteiger partial charge in [-0.25, -0.2) is 8.42 Å². The van der Waals surface area contributed by atoms with Crippen molar-refractivity contribution in [3.8, 4) is 0 Å². The summed E-state index contributed by atoms with van der Waals surface area (Å²) in [6.07, 6.45) is 1.47. The van der Waals surface area contributed by atoms with Crippen LogP contribution in [0.15, 0.2) is 59.6 Å². The van der Waals surface area contributed by atoms with Gasteiger partial charge in [0.25, 0.3) is 10.0 Å². The van der Waals surface area contributed by atoms with E-state index in [1.54, 1.807) is 36.4 Å². The Morgan fingerprint density at radius 2 is 1.63 bits per heavy atom. The molecule has 0 radical (unpaired) electrons. The number of sulfonamides is 1. The van der Waals surface area contributed by atoms with Gasteiger partial charge in [-0.1, -0.05) is 17.7 Å². The molecule has 0 saturated carbocycles. The Morgan fingerprint density at radius 3 is 2.26 bits per heavy atom. The highest BCUT2D eigenvalue weighted by molar-refractivity contribution is 7.92. The van der Waals surface area contributed by atoms with Crippen LogP contribution in [-0.4, -0.2) is 24.4 Å². The van der Waals surface area contributed by atoms with Crippen LogP contribution in [0.5, 0.6) is 0 Å². The molecule has 138 valence electrons. The Bertz CT molecular complexity index is 1090. The molecule has 0 aliphatic heterocycles. The maximum atomic E-state index is 12.9. The molecule has 0 amide bonds. The molecule has 0 aliphatic rings. The third kappa shape index (κ3) is 4.03. The second kappa shape index (κ2) is 7.28. The average molecular weight is 381 g/mol. The molecule has 1 heterocycles. The lowest BCUT2D eigenvalue weighted by atomic mass is 10.00. The lowest BCUT2D eigenvalue weighted by molar-refractivity contribution is 0.103. The summed E-state index contributed by atoms with van der Waals surface area (Å²) in [5, 5.41) is 7.56. The van der Waals surface area contributed by atoms with Gasteiger partial charge in [0.1, 0.15) is 5.69 Å². The van der Waals surface area contributed by atoms with Crippen LogP contribution in [0.3, 0.4) is 0 Å². The smallest absolute Gasteiger partial charge is 0.261 e. The SMILES string of the molecule is Cc1ccc(S(=O)(=O)Nc2cc(C)c(C)cc2C(=O)c2cccnn2)cc1. The molecular weight excluding hydrogens is 362 g/mol. The molecule has 3 aromatic rings. The van der Waals surface area contributed by atoms with E-state index in [2.05, 4.69) is 14.9 Å². The van der Waals surface area contributed by atoms with Crippen LogP contribution in [0.25, 0.3) is 0 Å². The normalized spacial score (nSPS) is 11.2. The van der Waals surface area contributed by atoms with E-state index in [9.17, 15) is 13.2 Å². The maximum absolute atomic E-state index is 12.9. The molecule has 6 nitrogen and oxygen atoms in total. The van der Waals surface area contributed by atoms with E-state index in [0.717, 1.165) is 16.7 Å². The zero-order valence-electron chi connectivity index (χ0n) is 15.2. The van der Waals surface area contributed by atoms with Crippen LogP contribution in [0.4, 0.5) is 5.69 Å². The second-order valence-electron chi connectivity index (χ2n) is 6.34. The maximum Gasteiger partial charge on any atom is 0.261 e. The number of anilines is 1. The summed E-state index contributed by atoms with van der Waals surface area (Å²) >= 11 is 0. The van der Waals surface area contributed by atoms with Gasteiger partial charge < -0.3 is 0 Å². The molecule has 27 heavy (non-hydrogen) atoms. The van der Waals surface area contributed by atoms with E-state index < -0.39 is 15.8 Å². The van der Waals surface area contributed by atoms with Gasteiger partial charge in [0.15, 0.2) is 0 Å². The van der Waals surface area contributed by atoms with Crippen LogP contribution in [0.1, 0.15) is 32.7 Å². The van der Waals surface area contributed by atoms with E-state index in [0.29, 0.717) is 0 Å². The largest absolute Gasteiger partial charge is 0.287 e. The monoisotopic (exact) mass is 381 g/mol. The zero-order chi connectivity index (χ0) is 19.6. The number of hydrogen-bond acceptors (Lipinski definition) is 5. The molecule has 2 aromatic carbocycles. The van der Waals surface area contributed by atoms with Gasteiger partial charge in [-0.2, -0.15) is 5.10 Å². The minimum Gasteiger partial charge on any atom is -0.287 e. The minimum atomic E-state index is -3.84. The summed E-state index contributed by atoms with van der Waals surface area (Å²) in [7, 11) is -3.84.